The minimum Gasteiger partial charge on any atom is -0.375 e. The molecule has 1 atom stereocenters. The summed E-state index contributed by atoms with van der Waals surface area (Å²) in [4.78, 5) is 12.9. The van der Waals surface area contributed by atoms with Gasteiger partial charge in [-0.3, -0.25) is 4.79 Å². The summed E-state index contributed by atoms with van der Waals surface area (Å²) in [6.07, 6.45) is 1.11. The lowest BCUT2D eigenvalue weighted by Crippen LogP contribution is -2.41. The number of hydrogen-bond acceptors (Lipinski definition) is 3. The molecule has 1 saturated heterocycles. The van der Waals surface area contributed by atoms with Crippen LogP contribution in [0.4, 0.5) is 5.69 Å². The monoisotopic (exact) mass is 283 g/mol. The Morgan fingerprint density at radius 2 is 2.38 bits per heavy atom. The molecule has 1 aliphatic heterocycles. The van der Waals surface area contributed by atoms with Crippen molar-refractivity contribution in [1.82, 2.24) is 0 Å². The van der Waals surface area contributed by atoms with Crippen LogP contribution in [0.15, 0.2) is 22.7 Å². The Morgan fingerprint density at radius 3 is 3.00 bits per heavy atom. The van der Waals surface area contributed by atoms with E-state index in [1.807, 2.05) is 18.2 Å². The molecule has 0 radical (unpaired) electrons. The molecule has 1 fully saturated rings. The van der Waals surface area contributed by atoms with Gasteiger partial charge in [-0.05, 0) is 41.1 Å². The third kappa shape index (κ3) is 2.44. The van der Waals surface area contributed by atoms with Gasteiger partial charge < -0.3 is 9.64 Å². The summed E-state index contributed by atoms with van der Waals surface area (Å²) in [5.41, 5.74) is 1.82. The van der Waals surface area contributed by atoms with Crippen LogP contribution >= 0.6 is 15.9 Å². The lowest BCUT2D eigenvalue weighted by Gasteiger charge is -2.33. The van der Waals surface area contributed by atoms with Crippen LogP contribution in [0.25, 0.3) is 0 Å². The van der Waals surface area contributed by atoms with Gasteiger partial charge in [0.2, 0.25) is 0 Å². The zero-order chi connectivity index (χ0) is 11.5. The molecular formula is C12H14BrNO2. The number of anilines is 1. The topological polar surface area (TPSA) is 29.5 Å². The maximum Gasteiger partial charge on any atom is 0.150 e. The molecular weight excluding hydrogens is 270 g/mol. The van der Waals surface area contributed by atoms with Crippen LogP contribution in [0.1, 0.15) is 17.3 Å². The van der Waals surface area contributed by atoms with Crippen LogP contribution in [0.3, 0.4) is 0 Å². The number of carbonyl (C=O) groups excluding carboxylic acids is 1. The van der Waals surface area contributed by atoms with Crippen molar-refractivity contribution in [3.8, 4) is 0 Å². The van der Waals surface area contributed by atoms with E-state index in [1.165, 1.54) is 0 Å². The van der Waals surface area contributed by atoms with E-state index >= 15 is 0 Å². The van der Waals surface area contributed by atoms with E-state index in [-0.39, 0.29) is 6.10 Å². The third-order valence-electron chi connectivity index (χ3n) is 2.69. The molecule has 1 aromatic carbocycles. The van der Waals surface area contributed by atoms with Crippen LogP contribution in [0.2, 0.25) is 0 Å². The number of benzene rings is 1. The van der Waals surface area contributed by atoms with Gasteiger partial charge in [0.15, 0.2) is 0 Å². The molecule has 1 aromatic rings. The van der Waals surface area contributed by atoms with Gasteiger partial charge in [0.25, 0.3) is 0 Å². The van der Waals surface area contributed by atoms with Gasteiger partial charge >= 0.3 is 0 Å². The summed E-state index contributed by atoms with van der Waals surface area (Å²) in [7, 11) is 0. The van der Waals surface area contributed by atoms with Crippen molar-refractivity contribution in [2.75, 3.05) is 24.6 Å². The van der Waals surface area contributed by atoms with E-state index in [0.29, 0.717) is 5.56 Å². The van der Waals surface area contributed by atoms with Gasteiger partial charge in [-0.2, -0.15) is 0 Å². The number of aldehydes is 1. The average Bonchev–Trinajstić information content (AvgIpc) is 2.28. The fraction of sp³-hybridized carbons (Fsp3) is 0.417. The third-order valence-corrected chi connectivity index (χ3v) is 3.32. The molecule has 0 saturated carbocycles. The van der Waals surface area contributed by atoms with E-state index in [0.717, 1.165) is 36.1 Å². The van der Waals surface area contributed by atoms with E-state index in [4.69, 9.17) is 4.74 Å². The van der Waals surface area contributed by atoms with Crippen LogP contribution in [-0.2, 0) is 4.74 Å². The van der Waals surface area contributed by atoms with Crippen LogP contribution < -0.4 is 4.90 Å². The van der Waals surface area contributed by atoms with Gasteiger partial charge in [-0.25, -0.2) is 0 Å². The molecule has 1 unspecified atom stereocenters. The predicted molar refractivity (Wildman–Crippen MR) is 67.2 cm³/mol. The molecule has 86 valence electrons. The first kappa shape index (κ1) is 11.6. The van der Waals surface area contributed by atoms with Crippen molar-refractivity contribution < 1.29 is 9.53 Å². The summed E-state index contributed by atoms with van der Waals surface area (Å²) in [5, 5.41) is 0. The summed E-state index contributed by atoms with van der Waals surface area (Å²) in [5.74, 6) is 0. The smallest absolute Gasteiger partial charge is 0.150 e. The molecule has 16 heavy (non-hydrogen) atoms. The second-order valence-electron chi connectivity index (χ2n) is 3.96. The average molecular weight is 284 g/mol. The standard InChI is InChI=1S/C12H14BrNO2/c1-9-7-14(4-5-16-9)12-3-2-10(8-15)6-11(12)13/h2-3,6,8-9H,4-5,7H2,1H3. The Hall–Kier alpha value is -0.870. The van der Waals surface area contributed by atoms with Crippen molar-refractivity contribution in [2.45, 2.75) is 13.0 Å². The fourth-order valence-electron chi connectivity index (χ4n) is 1.89. The fourth-order valence-corrected chi connectivity index (χ4v) is 2.54. The number of morpholine rings is 1. The Kier molecular flexibility index (Phi) is 3.61. The molecule has 1 aliphatic rings. The molecule has 0 amide bonds. The van der Waals surface area contributed by atoms with E-state index in [1.54, 1.807) is 0 Å². The largest absolute Gasteiger partial charge is 0.375 e. The van der Waals surface area contributed by atoms with Crippen molar-refractivity contribution >= 4 is 27.9 Å². The summed E-state index contributed by atoms with van der Waals surface area (Å²) < 4.78 is 6.47. The minimum atomic E-state index is 0.256. The van der Waals surface area contributed by atoms with E-state index < -0.39 is 0 Å². The lowest BCUT2D eigenvalue weighted by atomic mass is 10.2. The molecule has 0 aliphatic carbocycles. The van der Waals surface area contributed by atoms with E-state index in [9.17, 15) is 4.79 Å². The van der Waals surface area contributed by atoms with Crippen molar-refractivity contribution in [1.29, 1.82) is 0 Å². The molecule has 3 nitrogen and oxygen atoms in total. The van der Waals surface area contributed by atoms with Gasteiger partial charge in [0.05, 0.1) is 18.4 Å². The van der Waals surface area contributed by atoms with Gasteiger partial charge in [0, 0.05) is 23.1 Å². The number of hydrogen-bond donors (Lipinski definition) is 0. The van der Waals surface area contributed by atoms with Crippen molar-refractivity contribution in [2.24, 2.45) is 0 Å². The number of rotatable bonds is 2. The molecule has 0 spiro atoms. The van der Waals surface area contributed by atoms with E-state index in [2.05, 4.69) is 27.8 Å². The number of carbonyl (C=O) groups is 1. The zero-order valence-corrected chi connectivity index (χ0v) is 10.7. The van der Waals surface area contributed by atoms with Crippen LogP contribution in [-0.4, -0.2) is 32.1 Å². The predicted octanol–water partition coefficient (Wildman–Crippen LogP) is 2.49. The van der Waals surface area contributed by atoms with Gasteiger partial charge in [0.1, 0.15) is 6.29 Å². The highest BCUT2D eigenvalue weighted by atomic mass is 79.9. The number of nitrogens with zero attached hydrogens (tertiary/aromatic N) is 1. The van der Waals surface area contributed by atoms with Crippen LogP contribution in [0, 0.1) is 0 Å². The summed E-state index contributed by atoms with van der Waals surface area (Å²) in [6, 6.07) is 5.67. The summed E-state index contributed by atoms with van der Waals surface area (Å²) in [6.45, 7) is 4.60. The highest BCUT2D eigenvalue weighted by Gasteiger charge is 2.18. The first-order valence-corrected chi connectivity index (χ1v) is 6.11. The second kappa shape index (κ2) is 4.97. The maximum atomic E-state index is 10.6. The van der Waals surface area contributed by atoms with Gasteiger partial charge in [-0.15, -0.1) is 0 Å². The molecule has 0 bridgehead atoms. The van der Waals surface area contributed by atoms with Gasteiger partial charge in [-0.1, -0.05) is 0 Å². The molecule has 2 rings (SSSR count). The second-order valence-corrected chi connectivity index (χ2v) is 4.81. The Balaban J connectivity index is 2.22. The maximum absolute atomic E-state index is 10.6. The lowest BCUT2D eigenvalue weighted by molar-refractivity contribution is 0.0532. The quantitative estimate of drug-likeness (QED) is 0.781. The highest BCUT2D eigenvalue weighted by Crippen LogP contribution is 2.28. The van der Waals surface area contributed by atoms with Crippen LogP contribution in [0.5, 0.6) is 0 Å². The number of halogens is 1. The first-order valence-electron chi connectivity index (χ1n) is 5.32. The highest BCUT2D eigenvalue weighted by molar-refractivity contribution is 9.10. The molecule has 0 aromatic heterocycles. The molecule has 0 N–H and O–H groups in total. The zero-order valence-electron chi connectivity index (χ0n) is 9.15. The SMILES string of the molecule is CC1CN(c2ccc(C=O)cc2Br)CCO1. The Labute approximate surface area is 104 Å². The minimum absolute atomic E-state index is 0.256. The molecule has 4 heteroatoms. The summed E-state index contributed by atoms with van der Waals surface area (Å²) >= 11 is 3.50. The Morgan fingerprint density at radius 1 is 1.56 bits per heavy atom. The normalized spacial score (nSPS) is 20.9. The Bertz CT molecular complexity index is 395. The molecule has 1 heterocycles. The van der Waals surface area contributed by atoms with Crippen molar-refractivity contribution in [3.05, 3.63) is 28.2 Å². The first-order chi connectivity index (χ1) is 7.70. The number of ether oxygens (including phenoxy) is 1. The van der Waals surface area contributed by atoms with Crippen molar-refractivity contribution in [3.63, 3.8) is 0 Å².